The van der Waals surface area contributed by atoms with Crippen molar-refractivity contribution in [2.45, 2.75) is 39.9 Å². The average molecular weight is 530 g/mol. The molecule has 27 heavy (non-hydrogen) atoms. The SMILES string of the molecule is Brc1ccc([C-]=CC=[C-]c2ccc(Br)cc2)cc1.CC(C)O.CC(C)O.[Ti+2]. The van der Waals surface area contributed by atoms with Crippen LogP contribution in [0.2, 0.25) is 0 Å². The van der Waals surface area contributed by atoms with Gasteiger partial charge < -0.3 is 10.2 Å². The molecule has 0 unspecified atom stereocenters. The number of hydrogen-bond acceptors (Lipinski definition) is 2. The molecule has 0 saturated heterocycles. The number of aliphatic hydroxyl groups excluding tert-OH is 2. The van der Waals surface area contributed by atoms with Crippen molar-refractivity contribution in [3.8, 4) is 0 Å². The van der Waals surface area contributed by atoms with Crippen molar-refractivity contribution < 1.29 is 31.9 Å². The van der Waals surface area contributed by atoms with Gasteiger partial charge in [-0.3, -0.25) is 0 Å². The van der Waals surface area contributed by atoms with Crippen molar-refractivity contribution >= 4 is 31.9 Å². The van der Waals surface area contributed by atoms with Crippen LogP contribution >= 0.6 is 31.9 Å². The Hall–Kier alpha value is -0.486. The fourth-order valence-corrected chi connectivity index (χ4v) is 1.90. The molecule has 0 spiro atoms. The number of benzene rings is 2. The molecule has 0 amide bonds. The summed E-state index contributed by atoms with van der Waals surface area (Å²) in [6, 6.07) is 16.0. The van der Waals surface area contributed by atoms with Crippen LogP contribution in [0.15, 0.2) is 69.6 Å². The van der Waals surface area contributed by atoms with E-state index in [1.54, 1.807) is 27.7 Å². The van der Waals surface area contributed by atoms with Crippen LogP contribution in [0.3, 0.4) is 0 Å². The summed E-state index contributed by atoms with van der Waals surface area (Å²) in [6.45, 7) is 6.89. The molecule has 0 fully saturated rings. The largest absolute Gasteiger partial charge is 2.00 e. The molecule has 0 aliphatic heterocycles. The third-order valence-corrected chi connectivity index (χ3v) is 3.33. The first-order valence-corrected chi connectivity index (χ1v) is 9.84. The van der Waals surface area contributed by atoms with Gasteiger partial charge in [-0.2, -0.15) is 23.3 Å². The van der Waals surface area contributed by atoms with Gasteiger partial charge in [-0.1, -0.05) is 56.1 Å². The summed E-state index contributed by atoms with van der Waals surface area (Å²) in [6.07, 6.45) is 9.76. The van der Waals surface area contributed by atoms with E-state index in [9.17, 15) is 0 Å². The first kappa shape index (κ1) is 28.7. The van der Waals surface area contributed by atoms with E-state index in [0.29, 0.717) is 0 Å². The molecule has 2 rings (SSSR count). The van der Waals surface area contributed by atoms with Gasteiger partial charge in [-0.15, -0.1) is 24.3 Å². The van der Waals surface area contributed by atoms with Gasteiger partial charge in [-0.25, -0.2) is 12.2 Å². The van der Waals surface area contributed by atoms with Crippen LogP contribution in [0.25, 0.3) is 0 Å². The van der Waals surface area contributed by atoms with E-state index >= 15 is 0 Å². The van der Waals surface area contributed by atoms with Gasteiger partial charge in [0, 0.05) is 12.2 Å². The summed E-state index contributed by atoms with van der Waals surface area (Å²) >= 11 is 6.80. The van der Waals surface area contributed by atoms with Crippen molar-refractivity contribution in [3.63, 3.8) is 0 Å². The fourth-order valence-electron chi connectivity index (χ4n) is 1.37. The second-order valence-corrected chi connectivity index (χ2v) is 7.65. The molecule has 5 heteroatoms. The average Bonchev–Trinajstić information content (AvgIpc) is 2.54. The van der Waals surface area contributed by atoms with Crippen LogP contribution < -0.4 is 0 Å². The topological polar surface area (TPSA) is 40.5 Å². The molecule has 0 radical (unpaired) electrons. The summed E-state index contributed by atoms with van der Waals surface area (Å²) < 4.78 is 2.15. The standard InChI is InChI=1S/C16H10Br2.2C3H8O.Ti/c17-15-9-5-13(6-10-15)3-1-2-4-14-7-11-16(18)12-8-14;2*1-3(2)4;/h1-2,5-12H;2*3-4H,1-2H3;/q-2;;;+2. The monoisotopic (exact) mass is 528 g/mol. The van der Waals surface area contributed by atoms with Gasteiger partial charge in [0.2, 0.25) is 0 Å². The van der Waals surface area contributed by atoms with Crippen LogP contribution in [0.5, 0.6) is 0 Å². The van der Waals surface area contributed by atoms with E-state index in [-0.39, 0.29) is 33.9 Å². The van der Waals surface area contributed by atoms with Crippen LogP contribution in [-0.2, 0) is 21.7 Å². The Balaban J connectivity index is 0. The zero-order valence-electron chi connectivity index (χ0n) is 16.1. The Bertz CT molecular complexity index is 584. The molecule has 0 atom stereocenters. The Kier molecular flexibility index (Phi) is 18.7. The van der Waals surface area contributed by atoms with E-state index in [0.717, 1.165) is 20.1 Å². The molecule has 144 valence electrons. The van der Waals surface area contributed by atoms with Gasteiger partial charge in [0.05, 0.1) is 0 Å². The van der Waals surface area contributed by atoms with E-state index < -0.39 is 0 Å². The molecule has 0 saturated carbocycles. The quantitative estimate of drug-likeness (QED) is 0.286. The van der Waals surface area contributed by atoms with Gasteiger partial charge in [0.15, 0.2) is 0 Å². The fraction of sp³-hybridized carbons (Fsp3) is 0.273. The van der Waals surface area contributed by atoms with E-state index in [2.05, 4.69) is 44.0 Å². The second kappa shape index (κ2) is 17.6. The smallest absolute Gasteiger partial charge is 0.394 e. The van der Waals surface area contributed by atoms with Gasteiger partial charge >= 0.3 is 21.7 Å². The van der Waals surface area contributed by atoms with E-state index in [1.807, 2.05) is 60.7 Å². The molecule has 0 aromatic heterocycles. The van der Waals surface area contributed by atoms with Crippen molar-refractivity contribution in [2.75, 3.05) is 0 Å². The Labute approximate surface area is 195 Å². The summed E-state index contributed by atoms with van der Waals surface area (Å²) in [4.78, 5) is 0. The first-order chi connectivity index (χ1) is 12.2. The molecule has 0 heterocycles. The van der Waals surface area contributed by atoms with Gasteiger partial charge in [-0.05, 0) is 36.6 Å². The summed E-state index contributed by atoms with van der Waals surface area (Å²) in [5, 5.41) is 16.1. The van der Waals surface area contributed by atoms with E-state index in [1.165, 1.54) is 0 Å². The maximum Gasteiger partial charge on any atom is 2.00 e. The zero-order valence-corrected chi connectivity index (χ0v) is 20.8. The van der Waals surface area contributed by atoms with Gasteiger partial charge in [0.1, 0.15) is 0 Å². The maximum atomic E-state index is 8.06. The third kappa shape index (κ3) is 20.1. The third-order valence-electron chi connectivity index (χ3n) is 2.27. The number of rotatable bonds is 3. The molecular formula is C22H26Br2O2Ti. The number of allylic oxidation sites excluding steroid dienone is 2. The zero-order chi connectivity index (χ0) is 19.9. The molecule has 0 aliphatic rings. The minimum atomic E-state index is -0.167. The summed E-state index contributed by atoms with van der Waals surface area (Å²) in [5.41, 5.74) is 2.10. The van der Waals surface area contributed by atoms with Gasteiger partial charge in [0.25, 0.3) is 0 Å². The van der Waals surface area contributed by atoms with Crippen LogP contribution in [0, 0.1) is 12.2 Å². The summed E-state index contributed by atoms with van der Waals surface area (Å²) in [7, 11) is 0. The maximum absolute atomic E-state index is 8.06. The molecule has 2 nitrogen and oxygen atoms in total. The number of halogens is 2. The molecular weight excluding hydrogens is 504 g/mol. The molecule has 0 bridgehead atoms. The van der Waals surface area contributed by atoms with Crippen LogP contribution in [-0.4, -0.2) is 22.4 Å². The molecule has 2 aromatic rings. The van der Waals surface area contributed by atoms with Crippen molar-refractivity contribution in [3.05, 3.63) is 92.9 Å². The normalized spacial score (nSPS) is 10.3. The number of hydrogen-bond donors (Lipinski definition) is 2. The predicted molar refractivity (Wildman–Crippen MR) is 117 cm³/mol. The van der Waals surface area contributed by atoms with Crippen molar-refractivity contribution in [1.82, 2.24) is 0 Å². The van der Waals surface area contributed by atoms with E-state index in [4.69, 9.17) is 10.2 Å². The Morgan fingerprint density at radius 3 is 1.11 bits per heavy atom. The predicted octanol–water partition coefficient (Wildman–Crippen LogP) is 6.10. The Morgan fingerprint density at radius 1 is 0.667 bits per heavy atom. The first-order valence-electron chi connectivity index (χ1n) is 8.26. The summed E-state index contributed by atoms with van der Waals surface area (Å²) in [5.74, 6) is 0. The number of aliphatic hydroxyl groups is 2. The Morgan fingerprint density at radius 2 is 0.889 bits per heavy atom. The minimum Gasteiger partial charge on any atom is -0.394 e. The van der Waals surface area contributed by atoms with Crippen molar-refractivity contribution in [1.29, 1.82) is 0 Å². The molecule has 2 aromatic carbocycles. The van der Waals surface area contributed by atoms with Crippen LogP contribution in [0.1, 0.15) is 38.8 Å². The second-order valence-electron chi connectivity index (χ2n) is 5.82. The van der Waals surface area contributed by atoms with Crippen molar-refractivity contribution in [2.24, 2.45) is 0 Å². The molecule has 2 N–H and O–H groups in total. The minimum absolute atomic E-state index is 0. The van der Waals surface area contributed by atoms with Crippen LogP contribution in [0.4, 0.5) is 0 Å². The molecule has 0 aliphatic carbocycles.